The Labute approximate surface area is 155 Å². The number of aromatic nitrogens is 1. The van der Waals surface area contributed by atoms with Crippen molar-refractivity contribution in [3.63, 3.8) is 0 Å². The zero-order chi connectivity index (χ0) is 17.9. The molecular weight excluding hydrogens is 330 g/mol. The van der Waals surface area contributed by atoms with Crippen molar-refractivity contribution in [1.82, 2.24) is 9.88 Å². The van der Waals surface area contributed by atoms with Crippen molar-refractivity contribution in [2.24, 2.45) is 5.10 Å². The van der Waals surface area contributed by atoms with Gasteiger partial charge in [-0.3, -0.25) is 10.3 Å². The maximum Gasteiger partial charge on any atom is 0.205 e. The topological polar surface area (TPSA) is 66.5 Å². The van der Waals surface area contributed by atoms with E-state index in [4.69, 9.17) is 5.73 Å². The standard InChI is InChI=1S/C19H29N5S/c1-3-5-11-24(12-6-4-2)14-17-10-8-7-9-16(17)13-21-23-19-22-18(20)15-25-19/h7-10,13,15H,3-6,11-12,14,20H2,1-2H3,(H,22,23). The zero-order valence-electron chi connectivity index (χ0n) is 15.2. The molecule has 1 heterocycles. The fraction of sp³-hybridized carbons (Fsp3) is 0.474. The van der Waals surface area contributed by atoms with Gasteiger partial charge in [-0.1, -0.05) is 51.0 Å². The molecule has 0 amide bonds. The summed E-state index contributed by atoms with van der Waals surface area (Å²) >= 11 is 1.45. The summed E-state index contributed by atoms with van der Waals surface area (Å²) in [7, 11) is 0. The minimum atomic E-state index is 0.519. The second kappa shape index (κ2) is 10.8. The number of benzene rings is 1. The maximum absolute atomic E-state index is 5.62. The molecule has 3 N–H and O–H groups in total. The van der Waals surface area contributed by atoms with Gasteiger partial charge < -0.3 is 5.73 Å². The van der Waals surface area contributed by atoms with Crippen LogP contribution in [-0.4, -0.2) is 29.2 Å². The van der Waals surface area contributed by atoms with Crippen molar-refractivity contribution in [1.29, 1.82) is 0 Å². The minimum Gasteiger partial charge on any atom is -0.383 e. The highest BCUT2D eigenvalue weighted by Gasteiger charge is 2.08. The van der Waals surface area contributed by atoms with Crippen LogP contribution in [0.2, 0.25) is 0 Å². The molecular formula is C19H29N5S. The molecule has 0 bridgehead atoms. The molecule has 0 radical (unpaired) electrons. The number of anilines is 2. The van der Waals surface area contributed by atoms with Crippen LogP contribution in [0.4, 0.5) is 10.9 Å². The Morgan fingerprint density at radius 2 is 1.92 bits per heavy atom. The number of hydrazone groups is 1. The van der Waals surface area contributed by atoms with Gasteiger partial charge in [0, 0.05) is 11.9 Å². The molecule has 136 valence electrons. The highest BCUT2D eigenvalue weighted by molar-refractivity contribution is 7.14. The normalized spacial score (nSPS) is 11.5. The molecule has 0 spiro atoms. The third-order valence-electron chi connectivity index (χ3n) is 3.99. The van der Waals surface area contributed by atoms with E-state index in [0.717, 1.165) is 25.2 Å². The zero-order valence-corrected chi connectivity index (χ0v) is 16.1. The van der Waals surface area contributed by atoms with Crippen LogP contribution in [0, 0.1) is 0 Å². The number of nitrogens with one attached hydrogen (secondary N) is 1. The first-order chi connectivity index (χ1) is 12.2. The molecule has 0 fully saturated rings. The molecule has 0 aliphatic rings. The van der Waals surface area contributed by atoms with Gasteiger partial charge in [0.2, 0.25) is 5.13 Å². The number of unbranched alkanes of at least 4 members (excludes halogenated alkanes) is 2. The number of hydrogen-bond acceptors (Lipinski definition) is 6. The Balaban J connectivity index is 2.01. The first-order valence-corrected chi connectivity index (χ1v) is 9.91. The first-order valence-electron chi connectivity index (χ1n) is 9.03. The SMILES string of the molecule is CCCCN(CCCC)Cc1ccccc1C=NNc1nc(N)cs1. The van der Waals surface area contributed by atoms with Crippen molar-refractivity contribution in [3.8, 4) is 0 Å². The third-order valence-corrected chi connectivity index (χ3v) is 4.76. The van der Waals surface area contributed by atoms with Crippen LogP contribution in [0.1, 0.15) is 50.7 Å². The Morgan fingerprint density at radius 3 is 2.56 bits per heavy atom. The second-order valence-corrected chi connectivity index (χ2v) is 6.99. The summed E-state index contributed by atoms with van der Waals surface area (Å²) in [5, 5.41) is 6.82. The van der Waals surface area contributed by atoms with E-state index in [2.05, 4.69) is 58.5 Å². The average Bonchev–Trinajstić information content (AvgIpc) is 3.04. The van der Waals surface area contributed by atoms with E-state index in [1.807, 2.05) is 6.21 Å². The number of nitrogens with two attached hydrogens (primary N) is 1. The van der Waals surface area contributed by atoms with Crippen molar-refractivity contribution in [2.75, 3.05) is 24.2 Å². The summed E-state index contributed by atoms with van der Waals surface area (Å²) in [6.45, 7) is 7.76. The van der Waals surface area contributed by atoms with Gasteiger partial charge in [-0.15, -0.1) is 11.3 Å². The smallest absolute Gasteiger partial charge is 0.205 e. The van der Waals surface area contributed by atoms with E-state index < -0.39 is 0 Å². The predicted octanol–water partition coefficient (Wildman–Crippen LogP) is 4.57. The molecule has 0 saturated carbocycles. The second-order valence-electron chi connectivity index (χ2n) is 6.13. The number of hydrogen-bond donors (Lipinski definition) is 2. The molecule has 1 aromatic heterocycles. The third kappa shape index (κ3) is 6.84. The van der Waals surface area contributed by atoms with Gasteiger partial charge in [0.25, 0.3) is 0 Å². The van der Waals surface area contributed by atoms with Gasteiger partial charge >= 0.3 is 0 Å². The predicted molar refractivity (Wildman–Crippen MR) is 109 cm³/mol. The van der Waals surface area contributed by atoms with Gasteiger partial charge in [-0.2, -0.15) is 5.10 Å². The van der Waals surface area contributed by atoms with Crippen LogP contribution in [0.15, 0.2) is 34.7 Å². The lowest BCUT2D eigenvalue weighted by Gasteiger charge is -2.22. The van der Waals surface area contributed by atoms with Crippen LogP contribution < -0.4 is 11.2 Å². The van der Waals surface area contributed by atoms with E-state index in [0.29, 0.717) is 10.9 Å². The molecule has 6 heteroatoms. The Hall–Kier alpha value is -1.92. The van der Waals surface area contributed by atoms with Crippen molar-refractivity contribution >= 4 is 28.5 Å². The molecule has 25 heavy (non-hydrogen) atoms. The number of thiazole rings is 1. The monoisotopic (exact) mass is 359 g/mol. The largest absolute Gasteiger partial charge is 0.383 e. The highest BCUT2D eigenvalue weighted by Crippen LogP contribution is 2.16. The van der Waals surface area contributed by atoms with E-state index in [1.165, 1.54) is 42.6 Å². The number of nitrogens with zero attached hydrogens (tertiary/aromatic N) is 3. The molecule has 0 unspecified atom stereocenters. The Bertz CT molecular complexity index is 645. The summed E-state index contributed by atoms with van der Waals surface area (Å²) in [5.41, 5.74) is 11.0. The minimum absolute atomic E-state index is 0.519. The quantitative estimate of drug-likeness (QED) is 0.455. The fourth-order valence-electron chi connectivity index (χ4n) is 2.57. The molecule has 5 nitrogen and oxygen atoms in total. The lowest BCUT2D eigenvalue weighted by molar-refractivity contribution is 0.257. The van der Waals surface area contributed by atoms with E-state index in [1.54, 1.807) is 5.38 Å². The van der Waals surface area contributed by atoms with Gasteiger partial charge in [0.15, 0.2) is 0 Å². The van der Waals surface area contributed by atoms with E-state index in [9.17, 15) is 0 Å². The summed E-state index contributed by atoms with van der Waals surface area (Å²) in [5.74, 6) is 0.519. The van der Waals surface area contributed by atoms with Crippen LogP contribution in [0.25, 0.3) is 0 Å². The van der Waals surface area contributed by atoms with Crippen molar-refractivity contribution < 1.29 is 0 Å². The van der Waals surface area contributed by atoms with Crippen LogP contribution >= 0.6 is 11.3 Å². The van der Waals surface area contributed by atoms with Gasteiger partial charge in [0.05, 0.1) is 6.21 Å². The molecule has 0 saturated heterocycles. The lowest BCUT2D eigenvalue weighted by Crippen LogP contribution is -2.26. The van der Waals surface area contributed by atoms with E-state index in [-0.39, 0.29) is 0 Å². The van der Waals surface area contributed by atoms with Crippen LogP contribution in [-0.2, 0) is 6.54 Å². The van der Waals surface area contributed by atoms with Crippen molar-refractivity contribution in [3.05, 3.63) is 40.8 Å². The molecule has 2 rings (SSSR count). The van der Waals surface area contributed by atoms with Gasteiger partial charge in [0.1, 0.15) is 5.82 Å². The summed E-state index contributed by atoms with van der Waals surface area (Å²) in [6.07, 6.45) is 6.81. The molecule has 0 atom stereocenters. The maximum atomic E-state index is 5.62. The number of rotatable bonds is 11. The Morgan fingerprint density at radius 1 is 1.20 bits per heavy atom. The molecule has 0 aliphatic heterocycles. The van der Waals surface area contributed by atoms with Crippen molar-refractivity contribution in [2.45, 2.75) is 46.1 Å². The van der Waals surface area contributed by atoms with Crippen LogP contribution in [0.3, 0.4) is 0 Å². The average molecular weight is 360 g/mol. The lowest BCUT2D eigenvalue weighted by atomic mass is 10.1. The van der Waals surface area contributed by atoms with Crippen LogP contribution in [0.5, 0.6) is 0 Å². The van der Waals surface area contributed by atoms with Gasteiger partial charge in [-0.05, 0) is 37.1 Å². The molecule has 1 aromatic carbocycles. The Kier molecular flexibility index (Phi) is 8.42. The highest BCUT2D eigenvalue weighted by atomic mass is 32.1. The molecule has 2 aromatic rings. The first kappa shape index (κ1) is 19.4. The number of nitrogen functional groups attached to an aromatic ring is 1. The summed E-state index contributed by atoms with van der Waals surface area (Å²) < 4.78 is 0. The summed E-state index contributed by atoms with van der Waals surface area (Å²) in [4.78, 5) is 6.69. The molecule has 0 aliphatic carbocycles. The fourth-order valence-corrected chi connectivity index (χ4v) is 3.12. The summed E-state index contributed by atoms with van der Waals surface area (Å²) in [6, 6.07) is 8.44. The van der Waals surface area contributed by atoms with Gasteiger partial charge in [-0.25, -0.2) is 4.98 Å². The van der Waals surface area contributed by atoms with E-state index >= 15 is 0 Å².